The van der Waals surface area contributed by atoms with Gasteiger partial charge in [-0.1, -0.05) is 18.2 Å². The van der Waals surface area contributed by atoms with Gasteiger partial charge >= 0.3 is 0 Å². The van der Waals surface area contributed by atoms with Crippen molar-refractivity contribution in [2.45, 2.75) is 64.0 Å². The van der Waals surface area contributed by atoms with E-state index < -0.39 is 0 Å². The van der Waals surface area contributed by atoms with Crippen LogP contribution < -0.4 is 15.5 Å². The summed E-state index contributed by atoms with van der Waals surface area (Å²) in [6.45, 7) is 3.29. The molecular weight excluding hydrogens is 314 g/mol. The van der Waals surface area contributed by atoms with Gasteiger partial charge in [0.15, 0.2) is 0 Å². The molecule has 136 valence electrons. The van der Waals surface area contributed by atoms with Crippen molar-refractivity contribution in [3.8, 4) is 0 Å². The van der Waals surface area contributed by atoms with E-state index in [1.54, 1.807) is 6.92 Å². The van der Waals surface area contributed by atoms with Gasteiger partial charge in [0.2, 0.25) is 11.8 Å². The fourth-order valence-electron chi connectivity index (χ4n) is 4.01. The first-order chi connectivity index (χ1) is 12.1. The molecule has 1 aromatic rings. The third-order valence-corrected chi connectivity index (χ3v) is 5.32. The first kappa shape index (κ1) is 17.9. The quantitative estimate of drug-likeness (QED) is 0.780. The van der Waals surface area contributed by atoms with E-state index in [0.717, 1.165) is 57.3 Å². The number of hydrogen-bond acceptors (Lipinski definition) is 3. The van der Waals surface area contributed by atoms with E-state index >= 15 is 0 Å². The molecular formula is C20H29N3O2. The molecule has 2 amide bonds. The molecule has 0 aromatic heterocycles. The smallest absolute Gasteiger partial charge is 0.227 e. The van der Waals surface area contributed by atoms with E-state index in [2.05, 4.69) is 16.7 Å². The van der Waals surface area contributed by atoms with E-state index in [1.165, 1.54) is 5.56 Å². The fourth-order valence-corrected chi connectivity index (χ4v) is 4.01. The Morgan fingerprint density at radius 1 is 1.12 bits per heavy atom. The average Bonchev–Trinajstić information content (AvgIpc) is 3.03. The van der Waals surface area contributed by atoms with Crippen LogP contribution in [0, 0.1) is 0 Å². The molecule has 1 fully saturated rings. The molecule has 0 atom stereocenters. The highest BCUT2D eigenvalue weighted by molar-refractivity contribution is 5.95. The third kappa shape index (κ3) is 4.82. The molecule has 1 saturated carbocycles. The minimum atomic E-state index is 0.0680. The number of carbonyl (C=O) groups excluding carboxylic acids is 2. The van der Waals surface area contributed by atoms with Crippen molar-refractivity contribution in [2.24, 2.45) is 0 Å². The van der Waals surface area contributed by atoms with Crippen LogP contribution in [0.5, 0.6) is 0 Å². The summed E-state index contributed by atoms with van der Waals surface area (Å²) in [5, 5.41) is 6.58. The number of amides is 2. The van der Waals surface area contributed by atoms with Crippen molar-refractivity contribution in [2.75, 3.05) is 18.0 Å². The van der Waals surface area contributed by atoms with Gasteiger partial charge in [-0.05, 0) is 56.7 Å². The minimum absolute atomic E-state index is 0.0680. The summed E-state index contributed by atoms with van der Waals surface area (Å²) >= 11 is 0. The van der Waals surface area contributed by atoms with Crippen molar-refractivity contribution in [3.63, 3.8) is 0 Å². The van der Waals surface area contributed by atoms with E-state index in [0.29, 0.717) is 18.5 Å². The zero-order valence-electron chi connectivity index (χ0n) is 15.1. The zero-order chi connectivity index (χ0) is 17.6. The Morgan fingerprint density at radius 2 is 1.84 bits per heavy atom. The summed E-state index contributed by atoms with van der Waals surface area (Å²) in [6, 6.07) is 9.06. The number of para-hydroxylation sites is 1. The van der Waals surface area contributed by atoms with Gasteiger partial charge in [-0.2, -0.15) is 0 Å². The van der Waals surface area contributed by atoms with Crippen molar-refractivity contribution in [1.29, 1.82) is 0 Å². The lowest BCUT2D eigenvalue weighted by Crippen LogP contribution is -2.41. The van der Waals surface area contributed by atoms with E-state index in [1.807, 2.05) is 23.1 Å². The van der Waals surface area contributed by atoms with Crippen LogP contribution >= 0.6 is 0 Å². The first-order valence-electron chi connectivity index (χ1n) is 9.52. The maximum atomic E-state index is 12.5. The van der Waals surface area contributed by atoms with Gasteiger partial charge in [-0.25, -0.2) is 0 Å². The number of nitrogens with zero attached hydrogens (tertiary/aromatic N) is 1. The van der Waals surface area contributed by atoms with Crippen LogP contribution in [0.3, 0.4) is 0 Å². The fraction of sp³-hybridized carbons (Fsp3) is 0.600. The van der Waals surface area contributed by atoms with Gasteiger partial charge in [0.05, 0.1) is 0 Å². The van der Waals surface area contributed by atoms with Crippen LogP contribution in [0.25, 0.3) is 0 Å². The van der Waals surface area contributed by atoms with Gasteiger partial charge in [-0.3, -0.25) is 9.59 Å². The van der Waals surface area contributed by atoms with Crippen molar-refractivity contribution >= 4 is 17.5 Å². The highest BCUT2D eigenvalue weighted by Crippen LogP contribution is 2.28. The van der Waals surface area contributed by atoms with Gasteiger partial charge in [0, 0.05) is 37.7 Å². The molecule has 1 aliphatic carbocycles. The number of fused-ring (bicyclic) bond motifs is 1. The Morgan fingerprint density at radius 3 is 2.60 bits per heavy atom. The van der Waals surface area contributed by atoms with Gasteiger partial charge < -0.3 is 15.5 Å². The van der Waals surface area contributed by atoms with E-state index in [4.69, 9.17) is 0 Å². The second-order valence-corrected chi connectivity index (χ2v) is 7.23. The summed E-state index contributed by atoms with van der Waals surface area (Å²) in [6.07, 6.45) is 6.72. The van der Waals surface area contributed by atoms with Crippen molar-refractivity contribution in [1.82, 2.24) is 10.6 Å². The molecule has 0 spiro atoms. The van der Waals surface area contributed by atoms with Crippen molar-refractivity contribution < 1.29 is 9.59 Å². The van der Waals surface area contributed by atoms with Crippen molar-refractivity contribution in [3.05, 3.63) is 29.8 Å². The Kier molecular flexibility index (Phi) is 6.08. The number of carbonyl (C=O) groups is 2. The Labute approximate surface area is 150 Å². The molecule has 2 aliphatic rings. The summed E-state index contributed by atoms with van der Waals surface area (Å²) in [5.74, 6) is 0.305. The lowest BCUT2D eigenvalue weighted by Gasteiger charge is -2.29. The van der Waals surface area contributed by atoms with Crippen LogP contribution in [0.2, 0.25) is 0 Å². The monoisotopic (exact) mass is 343 g/mol. The predicted molar refractivity (Wildman–Crippen MR) is 99.6 cm³/mol. The zero-order valence-corrected chi connectivity index (χ0v) is 15.1. The van der Waals surface area contributed by atoms with E-state index in [9.17, 15) is 9.59 Å². The lowest BCUT2D eigenvalue weighted by atomic mass is 9.91. The maximum Gasteiger partial charge on any atom is 0.227 e. The SMILES string of the molecule is CC(=O)NC1CCC(NCCCC(=O)N2CCc3ccccc32)CC1. The second kappa shape index (κ2) is 8.48. The normalized spacial score (nSPS) is 22.5. The molecule has 0 saturated heterocycles. The predicted octanol–water partition coefficient (Wildman–Crippen LogP) is 2.39. The molecule has 25 heavy (non-hydrogen) atoms. The minimum Gasteiger partial charge on any atom is -0.354 e. The number of hydrogen-bond donors (Lipinski definition) is 2. The van der Waals surface area contributed by atoms with Gasteiger partial charge in [0.1, 0.15) is 0 Å². The van der Waals surface area contributed by atoms with Crippen LogP contribution in [0.4, 0.5) is 5.69 Å². The van der Waals surface area contributed by atoms with Crippen LogP contribution in [-0.4, -0.2) is 37.0 Å². The molecule has 0 radical (unpaired) electrons. The molecule has 3 rings (SSSR count). The summed E-state index contributed by atoms with van der Waals surface area (Å²) < 4.78 is 0. The van der Waals surface area contributed by atoms with Crippen LogP contribution in [0.1, 0.15) is 51.0 Å². The van der Waals surface area contributed by atoms with Gasteiger partial charge in [0.25, 0.3) is 0 Å². The number of rotatable bonds is 6. The molecule has 5 heteroatoms. The molecule has 1 aromatic carbocycles. The topological polar surface area (TPSA) is 61.4 Å². The van der Waals surface area contributed by atoms with Gasteiger partial charge in [-0.15, -0.1) is 0 Å². The lowest BCUT2D eigenvalue weighted by molar-refractivity contribution is -0.120. The summed E-state index contributed by atoms with van der Waals surface area (Å²) in [5.41, 5.74) is 2.38. The molecule has 1 aliphatic heterocycles. The number of nitrogens with one attached hydrogen (secondary N) is 2. The largest absolute Gasteiger partial charge is 0.354 e. The highest BCUT2D eigenvalue weighted by Gasteiger charge is 2.24. The number of benzene rings is 1. The van der Waals surface area contributed by atoms with E-state index in [-0.39, 0.29) is 11.8 Å². The van der Waals surface area contributed by atoms with Crippen LogP contribution in [0.15, 0.2) is 24.3 Å². The average molecular weight is 343 g/mol. The maximum absolute atomic E-state index is 12.5. The summed E-state index contributed by atoms with van der Waals surface area (Å²) in [4.78, 5) is 25.5. The molecule has 2 N–H and O–H groups in total. The highest BCUT2D eigenvalue weighted by atomic mass is 16.2. The third-order valence-electron chi connectivity index (χ3n) is 5.32. The molecule has 0 unspecified atom stereocenters. The standard InChI is InChI=1S/C20H29N3O2/c1-15(24)22-18-10-8-17(9-11-18)21-13-4-7-20(25)23-14-12-16-5-2-3-6-19(16)23/h2-3,5-6,17-18,21H,4,7-14H2,1H3,(H,22,24). The second-order valence-electron chi connectivity index (χ2n) is 7.23. The molecule has 1 heterocycles. The summed E-state index contributed by atoms with van der Waals surface area (Å²) in [7, 11) is 0. The Hall–Kier alpha value is -1.88. The Bertz CT molecular complexity index is 609. The number of anilines is 1. The molecule has 5 nitrogen and oxygen atoms in total. The first-order valence-corrected chi connectivity index (χ1v) is 9.52. The van der Waals surface area contributed by atoms with Crippen LogP contribution in [-0.2, 0) is 16.0 Å². The molecule has 0 bridgehead atoms. The Balaban J connectivity index is 1.33.